The summed E-state index contributed by atoms with van der Waals surface area (Å²) < 4.78 is 14.4. The van der Waals surface area contributed by atoms with Crippen molar-refractivity contribution >= 4 is 29.4 Å². The number of benzene rings is 1. The number of nitrogens with one attached hydrogen (secondary N) is 1. The van der Waals surface area contributed by atoms with Crippen molar-refractivity contribution in [2.24, 2.45) is 5.92 Å². The molecule has 1 aliphatic rings. The topological polar surface area (TPSA) is 122 Å². The van der Waals surface area contributed by atoms with Crippen LogP contribution in [0.5, 0.6) is 0 Å². The van der Waals surface area contributed by atoms with Gasteiger partial charge >= 0.3 is 6.03 Å². The van der Waals surface area contributed by atoms with E-state index >= 15 is 0 Å². The molecule has 2 aromatic heterocycles. The average molecular weight is 491 g/mol. The summed E-state index contributed by atoms with van der Waals surface area (Å²) in [7, 11) is 1.58. The van der Waals surface area contributed by atoms with Gasteiger partial charge in [0.25, 0.3) is 5.91 Å². The number of rotatable bonds is 7. The lowest BCUT2D eigenvalue weighted by atomic mass is 9.81. The molecule has 0 aliphatic carbocycles. The van der Waals surface area contributed by atoms with Crippen LogP contribution >= 0.6 is 0 Å². The molecule has 0 radical (unpaired) electrons. The number of carbonyl (C=O) groups is 3. The van der Waals surface area contributed by atoms with Crippen LogP contribution in [0.2, 0.25) is 0 Å². The van der Waals surface area contributed by atoms with Crippen LogP contribution in [-0.2, 0) is 16.0 Å². The van der Waals surface area contributed by atoms with E-state index in [4.69, 9.17) is 5.73 Å². The van der Waals surface area contributed by atoms with Gasteiger partial charge in [-0.1, -0.05) is 25.1 Å². The van der Waals surface area contributed by atoms with E-state index in [1.807, 2.05) is 0 Å². The first-order valence-corrected chi connectivity index (χ1v) is 11.6. The van der Waals surface area contributed by atoms with E-state index in [1.54, 1.807) is 68.8 Å². The predicted octanol–water partition coefficient (Wildman–Crippen LogP) is 3.09. The number of urea groups is 1. The molecule has 186 valence electrons. The third kappa shape index (κ3) is 4.88. The number of aromatic nitrogens is 2. The van der Waals surface area contributed by atoms with Gasteiger partial charge in [0.05, 0.1) is 12.0 Å². The van der Waals surface area contributed by atoms with Gasteiger partial charge in [0.15, 0.2) is 0 Å². The number of imide groups is 1. The lowest BCUT2D eigenvalue weighted by molar-refractivity contribution is -0.156. The zero-order valence-corrected chi connectivity index (χ0v) is 20.0. The fourth-order valence-electron chi connectivity index (χ4n) is 4.40. The average Bonchev–Trinajstić information content (AvgIpc) is 2.89. The Labute approximate surface area is 208 Å². The molecule has 3 N–H and O–H groups in total. The van der Waals surface area contributed by atoms with Crippen LogP contribution in [0, 0.1) is 11.7 Å². The quantitative estimate of drug-likeness (QED) is 0.491. The zero-order chi connectivity index (χ0) is 25.8. The first-order chi connectivity index (χ1) is 17.3. The van der Waals surface area contributed by atoms with Gasteiger partial charge in [0.2, 0.25) is 5.91 Å². The number of hydrogen-bond acceptors (Lipinski definition) is 6. The first kappa shape index (κ1) is 24.8. The van der Waals surface area contributed by atoms with Crippen molar-refractivity contribution in [2.45, 2.75) is 31.8 Å². The molecule has 0 spiro atoms. The Morgan fingerprint density at radius 3 is 2.56 bits per heavy atom. The van der Waals surface area contributed by atoms with Crippen LogP contribution in [0.25, 0.3) is 0 Å². The second kappa shape index (κ2) is 10.5. The van der Waals surface area contributed by atoms with Gasteiger partial charge in [-0.05, 0) is 48.7 Å². The van der Waals surface area contributed by atoms with Crippen molar-refractivity contribution in [2.75, 3.05) is 17.7 Å². The Bertz CT molecular complexity index is 1270. The molecule has 3 atom stereocenters. The summed E-state index contributed by atoms with van der Waals surface area (Å²) in [6, 6.07) is 10.3. The summed E-state index contributed by atoms with van der Waals surface area (Å²) in [4.78, 5) is 50.3. The summed E-state index contributed by atoms with van der Waals surface area (Å²) in [6.45, 7) is 1.80. The highest BCUT2D eigenvalue weighted by Gasteiger charge is 2.55. The maximum absolute atomic E-state index is 14.4. The smallest absolute Gasteiger partial charge is 0.325 e. The van der Waals surface area contributed by atoms with Crippen molar-refractivity contribution in [3.8, 4) is 0 Å². The second-order valence-corrected chi connectivity index (χ2v) is 8.59. The van der Waals surface area contributed by atoms with Crippen molar-refractivity contribution in [1.82, 2.24) is 20.2 Å². The molecule has 0 bridgehead atoms. The summed E-state index contributed by atoms with van der Waals surface area (Å²) in [5.74, 6) is -1.86. The van der Waals surface area contributed by atoms with Crippen molar-refractivity contribution in [1.29, 1.82) is 0 Å². The predicted molar refractivity (Wildman–Crippen MR) is 132 cm³/mol. The number of likely N-dealkylation sites (N-methyl/N-ethyl adjacent to an activating group) is 1. The number of hydrogen-bond donors (Lipinski definition) is 2. The number of amides is 4. The molecule has 1 aromatic carbocycles. The Balaban J connectivity index is 1.61. The molecular formula is C26H27FN6O3. The summed E-state index contributed by atoms with van der Waals surface area (Å²) in [5, 5.41) is 2.73. The minimum atomic E-state index is -1.05. The maximum Gasteiger partial charge on any atom is 0.325 e. The van der Waals surface area contributed by atoms with E-state index in [2.05, 4.69) is 15.3 Å². The molecule has 3 heterocycles. The van der Waals surface area contributed by atoms with E-state index in [-0.39, 0.29) is 6.42 Å². The first-order valence-electron chi connectivity index (χ1n) is 11.6. The van der Waals surface area contributed by atoms with Crippen LogP contribution in [0.4, 0.5) is 20.7 Å². The van der Waals surface area contributed by atoms with Gasteiger partial charge in [0, 0.05) is 36.9 Å². The third-order valence-corrected chi connectivity index (χ3v) is 6.35. The summed E-state index contributed by atoms with van der Waals surface area (Å²) in [5.41, 5.74) is 7.38. The van der Waals surface area contributed by atoms with Gasteiger partial charge in [-0.3, -0.25) is 19.5 Å². The van der Waals surface area contributed by atoms with Crippen LogP contribution in [0.15, 0.2) is 67.1 Å². The number of pyridine rings is 2. The molecular weight excluding hydrogens is 463 g/mol. The SMILES string of the molecule is CC[C@@H](NC(=O)N1C(=O)[C@H](Cc2ccnc(N)c2)[C@H]1C(=O)N(C)c1ccncc1)c1ccccc1F. The van der Waals surface area contributed by atoms with E-state index in [0.717, 1.165) is 10.5 Å². The normalized spacial score (nSPS) is 17.8. The molecule has 3 aromatic rings. The van der Waals surface area contributed by atoms with Gasteiger partial charge in [-0.15, -0.1) is 0 Å². The maximum atomic E-state index is 14.4. The molecule has 9 nitrogen and oxygen atoms in total. The number of nitrogens with zero attached hydrogens (tertiary/aromatic N) is 4. The molecule has 1 aliphatic heterocycles. The molecule has 0 saturated carbocycles. The molecule has 1 fully saturated rings. The van der Waals surface area contributed by atoms with E-state index in [1.165, 1.54) is 17.2 Å². The number of nitrogen functional groups attached to an aromatic ring is 1. The van der Waals surface area contributed by atoms with Crippen LogP contribution in [0.3, 0.4) is 0 Å². The standard InChI is InChI=1S/C26H27FN6O3/c1-3-21(18-6-4-5-7-20(18)27)31-26(36)33-23(25(35)32(2)17-9-11-29-12-10-17)19(24(33)34)14-16-8-13-30-22(28)15-16/h4-13,15,19,21,23H,3,14H2,1-2H3,(H2,28,30)(H,31,36)/t19-,21-,23+/m1/s1. The van der Waals surface area contributed by atoms with Crippen LogP contribution < -0.4 is 16.0 Å². The number of halogens is 1. The Hall–Kier alpha value is -4.34. The molecule has 10 heteroatoms. The number of carbonyl (C=O) groups excluding carboxylic acids is 3. The summed E-state index contributed by atoms with van der Waals surface area (Å²) >= 11 is 0. The van der Waals surface area contributed by atoms with Crippen molar-refractivity contribution in [3.05, 3.63) is 84.1 Å². The fourth-order valence-corrected chi connectivity index (χ4v) is 4.40. The largest absolute Gasteiger partial charge is 0.384 e. The molecule has 1 saturated heterocycles. The molecule has 36 heavy (non-hydrogen) atoms. The van der Waals surface area contributed by atoms with Crippen LogP contribution in [-0.4, -0.2) is 45.8 Å². The monoisotopic (exact) mass is 490 g/mol. The summed E-state index contributed by atoms with van der Waals surface area (Å²) in [6.07, 6.45) is 5.23. The highest BCUT2D eigenvalue weighted by atomic mass is 19.1. The number of anilines is 2. The number of β-lactam (4-membered cyclic amide) rings is 1. The Kier molecular flexibility index (Phi) is 7.23. The highest BCUT2D eigenvalue weighted by Crippen LogP contribution is 2.33. The zero-order valence-electron chi connectivity index (χ0n) is 20.0. The van der Waals surface area contributed by atoms with Crippen molar-refractivity contribution in [3.63, 3.8) is 0 Å². The third-order valence-electron chi connectivity index (χ3n) is 6.35. The highest BCUT2D eigenvalue weighted by molar-refractivity contribution is 6.12. The van der Waals surface area contributed by atoms with Gasteiger partial charge in [-0.25, -0.2) is 14.2 Å². The van der Waals surface area contributed by atoms with Gasteiger partial charge in [-0.2, -0.15) is 0 Å². The van der Waals surface area contributed by atoms with Crippen LogP contribution in [0.1, 0.15) is 30.5 Å². The van der Waals surface area contributed by atoms with Gasteiger partial charge in [0.1, 0.15) is 17.7 Å². The number of likely N-dealkylation sites (tertiary alicyclic amines) is 1. The fraction of sp³-hybridized carbons (Fsp3) is 0.269. The van der Waals surface area contributed by atoms with E-state index in [9.17, 15) is 18.8 Å². The minimum absolute atomic E-state index is 0.209. The lowest BCUT2D eigenvalue weighted by Crippen LogP contribution is -2.70. The molecule has 0 unspecified atom stereocenters. The molecule has 4 amide bonds. The minimum Gasteiger partial charge on any atom is -0.384 e. The number of nitrogens with two attached hydrogens (primary N) is 1. The second-order valence-electron chi connectivity index (χ2n) is 8.59. The lowest BCUT2D eigenvalue weighted by Gasteiger charge is -2.46. The Morgan fingerprint density at radius 2 is 1.89 bits per heavy atom. The molecule has 4 rings (SSSR count). The Morgan fingerprint density at radius 1 is 1.17 bits per heavy atom. The van der Waals surface area contributed by atoms with Gasteiger partial charge < -0.3 is 16.0 Å². The van der Waals surface area contributed by atoms with E-state index in [0.29, 0.717) is 23.5 Å². The van der Waals surface area contributed by atoms with E-state index < -0.39 is 41.7 Å². The van der Waals surface area contributed by atoms with Crippen molar-refractivity contribution < 1.29 is 18.8 Å².